The molecule has 0 bridgehead atoms. The number of fused-ring (bicyclic) bond motifs is 1. The molecule has 0 saturated carbocycles. The monoisotopic (exact) mass is 453 g/mol. The van der Waals surface area contributed by atoms with Crippen LogP contribution in [0.1, 0.15) is 41.8 Å². The number of nitrogens with two attached hydrogens (primary N) is 1. The molecule has 0 fully saturated rings. The first-order chi connectivity index (χ1) is 16.0. The maximum absolute atomic E-state index is 12.1. The average Bonchev–Trinajstić information content (AvgIpc) is 3.22. The second-order valence-corrected chi connectivity index (χ2v) is 8.28. The van der Waals surface area contributed by atoms with E-state index in [1.165, 1.54) is 5.56 Å². The molecule has 0 radical (unpaired) electrons. The lowest BCUT2D eigenvalue weighted by Gasteiger charge is -2.16. The normalized spacial score (nSPS) is 12.1. The summed E-state index contributed by atoms with van der Waals surface area (Å²) in [7, 11) is 1.65. The summed E-state index contributed by atoms with van der Waals surface area (Å²) in [4.78, 5) is 12.1. The fourth-order valence-electron chi connectivity index (χ4n) is 4.09. The summed E-state index contributed by atoms with van der Waals surface area (Å²) in [5.74, 6) is 1.05. The van der Waals surface area contributed by atoms with Gasteiger partial charge in [-0.05, 0) is 67.6 Å². The van der Waals surface area contributed by atoms with Crippen molar-refractivity contribution in [3.05, 3.63) is 59.3 Å². The van der Waals surface area contributed by atoms with E-state index in [-0.39, 0.29) is 12.6 Å². The number of primary amides is 1. The summed E-state index contributed by atoms with van der Waals surface area (Å²) in [5, 5.41) is 13.6. The zero-order valence-electron chi connectivity index (χ0n) is 19.8. The number of amides is 1. The lowest BCUT2D eigenvalue weighted by molar-refractivity contribution is 0.100. The standard InChI is InChI=1S/C26H35N3O4/c1-4-19-6-7-23(24(17-19)32-3)33-13-9-28-18(2)14-20-15-21-8-11-29(10-5-12-30)25(21)22(16-20)26(27)31/h6-8,11,15-18,28,30H,4-5,9-10,12-14H2,1-3H3,(H2,27,31). The lowest BCUT2D eigenvalue weighted by Crippen LogP contribution is -2.32. The molecule has 1 unspecified atom stereocenters. The smallest absolute Gasteiger partial charge is 0.250 e. The van der Waals surface area contributed by atoms with Crippen molar-refractivity contribution in [2.75, 3.05) is 26.9 Å². The number of aromatic nitrogens is 1. The molecule has 3 aromatic rings. The Labute approximate surface area is 195 Å². The van der Waals surface area contributed by atoms with Gasteiger partial charge >= 0.3 is 0 Å². The molecule has 0 saturated heterocycles. The van der Waals surface area contributed by atoms with Crippen LogP contribution in [0.4, 0.5) is 0 Å². The molecule has 1 aromatic heterocycles. The summed E-state index contributed by atoms with van der Waals surface area (Å²) in [6.07, 6.45) is 4.27. The third-order valence-corrected chi connectivity index (χ3v) is 5.77. The minimum absolute atomic E-state index is 0.105. The first kappa shape index (κ1) is 24.6. The number of aliphatic hydroxyl groups is 1. The van der Waals surface area contributed by atoms with Gasteiger partial charge in [0.25, 0.3) is 5.91 Å². The summed E-state index contributed by atoms with van der Waals surface area (Å²) >= 11 is 0. The van der Waals surface area contributed by atoms with E-state index in [2.05, 4.69) is 31.3 Å². The number of nitrogens with one attached hydrogen (secondary N) is 1. The van der Waals surface area contributed by atoms with Crippen LogP contribution in [0.15, 0.2) is 42.6 Å². The fourth-order valence-corrected chi connectivity index (χ4v) is 4.09. The van der Waals surface area contributed by atoms with E-state index in [4.69, 9.17) is 20.3 Å². The topological polar surface area (TPSA) is 98.7 Å². The maximum atomic E-state index is 12.1. The quantitative estimate of drug-likeness (QED) is 0.345. The van der Waals surface area contributed by atoms with E-state index >= 15 is 0 Å². The number of nitrogens with zero attached hydrogens (tertiary/aromatic N) is 1. The molecule has 7 nitrogen and oxygen atoms in total. The van der Waals surface area contributed by atoms with Gasteiger partial charge in [-0.2, -0.15) is 0 Å². The van der Waals surface area contributed by atoms with Gasteiger partial charge in [-0.1, -0.05) is 13.0 Å². The highest BCUT2D eigenvalue weighted by Gasteiger charge is 2.15. The van der Waals surface area contributed by atoms with Gasteiger partial charge in [0.15, 0.2) is 11.5 Å². The minimum atomic E-state index is -0.442. The highest BCUT2D eigenvalue weighted by molar-refractivity contribution is 6.05. The number of hydrogen-bond acceptors (Lipinski definition) is 5. The van der Waals surface area contributed by atoms with Crippen molar-refractivity contribution in [1.82, 2.24) is 9.88 Å². The molecule has 7 heteroatoms. The number of hydrogen-bond donors (Lipinski definition) is 3. The van der Waals surface area contributed by atoms with Crippen molar-refractivity contribution in [1.29, 1.82) is 0 Å². The number of methoxy groups -OCH3 is 1. The number of aliphatic hydroxyl groups excluding tert-OH is 1. The van der Waals surface area contributed by atoms with Crippen molar-refractivity contribution in [2.24, 2.45) is 5.73 Å². The molecule has 0 aliphatic rings. The van der Waals surface area contributed by atoms with Crippen molar-refractivity contribution >= 4 is 16.8 Å². The van der Waals surface area contributed by atoms with Crippen LogP contribution in [-0.2, 0) is 19.4 Å². The molecule has 33 heavy (non-hydrogen) atoms. The Balaban J connectivity index is 1.59. The number of ether oxygens (including phenoxy) is 2. The largest absolute Gasteiger partial charge is 0.493 e. The molecule has 1 heterocycles. The Hall–Kier alpha value is -3.03. The lowest BCUT2D eigenvalue weighted by atomic mass is 10.0. The number of carbonyl (C=O) groups is 1. The van der Waals surface area contributed by atoms with Crippen molar-refractivity contribution in [3.63, 3.8) is 0 Å². The summed E-state index contributed by atoms with van der Waals surface area (Å²) in [6, 6.07) is 12.2. The van der Waals surface area contributed by atoms with Crippen molar-refractivity contribution < 1.29 is 19.4 Å². The van der Waals surface area contributed by atoms with Crippen molar-refractivity contribution in [2.45, 2.75) is 45.7 Å². The molecular weight excluding hydrogens is 418 g/mol. The zero-order chi connectivity index (χ0) is 23.8. The van der Waals surface area contributed by atoms with E-state index in [1.54, 1.807) is 7.11 Å². The number of rotatable bonds is 13. The predicted molar refractivity (Wildman–Crippen MR) is 131 cm³/mol. The molecule has 1 amide bonds. The summed E-state index contributed by atoms with van der Waals surface area (Å²) < 4.78 is 13.3. The Morgan fingerprint density at radius 1 is 1.18 bits per heavy atom. The second-order valence-electron chi connectivity index (χ2n) is 8.28. The molecule has 0 spiro atoms. The molecular formula is C26H35N3O4. The zero-order valence-corrected chi connectivity index (χ0v) is 19.8. The second kappa shape index (κ2) is 11.7. The molecule has 0 aliphatic carbocycles. The van der Waals surface area contributed by atoms with Crippen LogP contribution in [0.25, 0.3) is 10.9 Å². The molecule has 2 aromatic carbocycles. The van der Waals surface area contributed by atoms with Crippen LogP contribution in [-0.4, -0.2) is 48.5 Å². The molecule has 178 valence electrons. The van der Waals surface area contributed by atoms with Gasteiger partial charge < -0.3 is 30.2 Å². The van der Waals surface area contributed by atoms with Gasteiger partial charge in [-0.3, -0.25) is 4.79 Å². The van der Waals surface area contributed by atoms with Crippen LogP contribution < -0.4 is 20.5 Å². The van der Waals surface area contributed by atoms with Crippen molar-refractivity contribution in [3.8, 4) is 11.5 Å². The van der Waals surface area contributed by atoms with E-state index < -0.39 is 5.91 Å². The highest BCUT2D eigenvalue weighted by Crippen LogP contribution is 2.28. The Kier molecular flexibility index (Phi) is 8.74. The number of aryl methyl sites for hydroxylation is 2. The van der Waals surface area contributed by atoms with Gasteiger partial charge in [-0.15, -0.1) is 0 Å². The van der Waals surface area contributed by atoms with Gasteiger partial charge in [0.2, 0.25) is 0 Å². The number of benzene rings is 2. The molecule has 3 rings (SSSR count). The van der Waals surface area contributed by atoms with E-state index in [1.807, 2.05) is 35.0 Å². The van der Waals surface area contributed by atoms with E-state index in [0.717, 1.165) is 40.8 Å². The first-order valence-corrected chi connectivity index (χ1v) is 11.5. The molecule has 4 N–H and O–H groups in total. The molecule has 1 atom stereocenters. The first-order valence-electron chi connectivity index (χ1n) is 11.5. The average molecular weight is 454 g/mol. The van der Waals surface area contributed by atoms with Gasteiger partial charge in [-0.25, -0.2) is 0 Å². The van der Waals surface area contributed by atoms with Gasteiger partial charge in [0.05, 0.1) is 18.2 Å². The third-order valence-electron chi connectivity index (χ3n) is 5.77. The molecule has 0 aliphatic heterocycles. The van der Waals surface area contributed by atoms with Crippen LogP contribution in [0.3, 0.4) is 0 Å². The van der Waals surface area contributed by atoms with Gasteiger partial charge in [0, 0.05) is 37.3 Å². The van der Waals surface area contributed by atoms with Crippen LogP contribution in [0.5, 0.6) is 11.5 Å². The van der Waals surface area contributed by atoms with Gasteiger partial charge in [0.1, 0.15) is 6.61 Å². The third kappa shape index (κ3) is 6.27. The summed E-state index contributed by atoms with van der Waals surface area (Å²) in [6.45, 7) is 6.17. The maximum Gasteiger partial charge on any atom is 0.250 e. The SMILES string of the molecule is CCc1ccc(OCCNC(C)Cc2cc(C(N)=O)c3c(ccn3CCCO)c2)c(OC)c1. The number of carbonyl (C=O) groups excluding carboxylic acids is 1. The summed E-state index contributed by atoms with van der Waals surface area (Å²) in [5.41, 5.74) is 9.30. The Morgan fingerprint density at radius 2 is 2.00 bits per heavy atom. The van der Waals surface area contributed by atoms with Crippen LogP contribution in [0.2, 0.25) is 0 Å². The highest BCUT2D eigenvalue weighted by atomic mass is 16.5. The minimum Gasteiger partial charge on any atom is -0.493 e. The van der Waals surface area contributed by atoms with Crippen LogP contribution >= 0.6 is 0 Å². The van der Waals surface area contributed by atoms with Crippen LogP contribution in [0, 0.1) is 0 Å². The fraction of sp³-hybridized carbons (Fsp3) is 0.423. The van der Waals surface area contributed by atoms with E-state index in [9.17, 15) is 4.79 Å². The Bertz CT molecular complexity index is 1080. The Morgan fingerprint density at radius 3 is 2.70 bits per heavy atom. The predicted octanol–water partition coefficient (Wildman–Crippen LogP) is 3.29. The van der Waals surface area contributed by atoms with E-state index in [0.29, 0.717) is 31.7 Å².